The summed E-state index contributed by atoms with van der Waals surface area (Å²) in [5, 5.41) is 2.27. The number of anilines is 4. The zero-order valence-electron chi connectivity index (χ0n) is 47.6. The van der Waals surface area contributed by atoms with Gasteiger partial charge in [0.25, 0.3) is 0 Å². The molecule has 0 fully saturated rings. The normalized spacial score (nSPS) is 13.6. The van der Waals surface area contributed by atoms with Crippen LogP contribution >= 0.6 is 0 Å². The Bertz CT molecular complexity index is 3530. The Morgan fingerprint density at radius 1 is 0.421 bits per heavy atom. The minimum atomic E-state index is -0.286. The van der Waals surface area contributed by atoms with Crippen LogP contribution in [0.5, 0.6) is 11.5 Å². The molecule has 5 nitrogen and oxygen atoms in total. The van der Waals surface area contributed by atoms with Crippen LogP contribution in [-0.2, 0) is 53.6 Å². The van der Waals surface area contributed by atoms with Gasteiger partial charge in [0.15, 0.2) is 0 Å². The van der Waals surface area contributed by atoms with E-state index in [0.29, 0.717) is 11.5 Å². The van der Waals surface area contributed by atoms with Gasteiger partial charge in [-0.15, -0.1) is 53.6 Å². The fourth-order valence-electron chi connectivity index (χ4n) is 10.5. The molecule has 0 spiro atoms. The fraction of sp³-hybridized carbons (Fsp3) is 0.314. The summed E-state index contributed by atoms with van der Waals surface area (Å²) in [7, 11) is 0. The van der Waals surface area contributed by atoms with Gasteiger partial charge >= 0.3 is 0 Å². The first-order chi connectivity index (χ1) is 35.2. The minimum absolute atomic E-state index is 0. The summed E-state index contributed by atoms with van der Waals surface area (Å²) >= 11 is 0. The van der Waals surface area contributed by atoms with Crippen molar-refractivity contribution in [2.24, 2.45) is 0 Å². The SMILES string of the molecule is CC(C)(C)c1cc(Oc2[c-]c3c(cc2)c2cc(C(C)(C)C)ccc2n3-c2cc(C(C)(C)C)ccn2)[c-]c(N2[CH-]N(c3cc(C(C)(C)c4ccccc4)cc(C(C)(C)c4ccccc4)c3)c3cc(C(C)(C)C)ccc32)c1.[Pt]. The zero-order valence-corrected chi connectivity index (χ0v) is 49.9. The van der Waals surface area contributed by atoms with Gasteiger partial charge in [0.2, 0.25) is 0 Å². The molecule has 0 bridgehead atoms. The average molecular weight is 1180 g/mol. The Balaban J connectivity index is 0.00000706. The van der Waals surface area contributed by atoms with Crippen LogP contribution in [0, 0.1) is 18.8 Å². The molecule has 10 rings (SSSR count). The molecule has 2 aromatic heterocycles. The molecule has 1 aliphatic heterocycles. The third-order valence-corrected chi connectivity index (χ3v) is 15.8. The number of hydrogen-bond donors (Lipinski definition) is 0. The van der Waals surface area contributed by atoms with Crippen LogP contribution in [-0.4, -0.2) is 9.55 Å². The van der Waals surface area contributed by atoms with Gasteiger partial charge in [-0.2, -0.15) is 6.07 Å². The Morgan fingerprint density at radius 2 is 0.974 bits per heavy atom. The van der Waals surface area contributed by atoms with Crippen LogP contribution in [0.3, 0.4) is 0 Å². The second-order valence-corrected chi connectivity index (χ2v) is 26.1. The summed E-state index contributed by atoms with van der Waals surface area (Å²) in [4.78, 5) is 9.68. The summed E-state index contributed by atoms with van der Waals surface area (Å²) in [5.74, 6) is 2.09. The largest absolute Gasteiger partial charge is 0.509 e. The summed E-state index contributed by atoms with van der Waals surface area (Å²) in [6, 6.07) is 63.4. The number of fused-ring (bicyclic) bond motifs is 4. The second-order valence-electron chi connectivity index (χ2n) is 26.1. The summed E-state index contributed by atoms with van der Waals surface area (Å²) in [5.41, 5.74) is 15.2. The van der Waals surface area contributed by atoms with Crippen LogP contribution in [0.4, 0.5) is 22.7 Å². The van der Waals surface area contributed by atoms with Crippen LogP contribution in [0.15, 0.2) is 158 Å². The number of benzene rings is 7. The van der Waals surface area contributed by atoms with Crippen molar-refractivity contribution in [3.05, 3.63) is 221 Å². The van der Waals surface area contributed by atoms with Crippen LogP contribution in [0.25, 0.3) is 27.6 Å². The standard InChI is InChI=1S/C70H75N4O.Pt/c1-65(2,3)48-27-31-60-59(40-48)58-30-29-56(44-62(58)74(60)64-42-50(33-34-71-64)67(7,8)9)75-57-39-51(68(10,11)12)36-55(43-57)72-45-73(63-41-49(66(4,5)6)28-32-61(63)72)54-37-52(69(13,14)46-23-19-17-20-24-46)35-53(38-54)70(15,16)47-25-21-18-22-26-47;/h17-42,45H,1-16H3;/q-3;. The molecule has 0 saturated heterocycles. The third kappa shape index (κ3) is 10.3. The van der Waals surface area contributed by atoms with Crippen molar-refractivity contribution in [1.29, 1.82) is 0 Å². The quantitative estimate of drug-likeness (QED) is 0.135. The van der Waals surface area contributed by atoms with Crippen LogP contribution in [0.1, 0.15) is 155 Å². The maximum atomic E-state index is 7.02. The minimum Gasteiger partial charge on any atom is -0.509 e. The first-order valence-electron chi connectivity index (χ1n) is 26.8. The zero-order chi connectivity index (χ0) is 53.6. The summed E-state index contributed by atoms with van der Waals surface area (Å²) in [6.45, 7) is 38.8. The number of rotatable bonds is 9. The Hall–Kier alpha value is -6.42. The smallest absolute Gasteiger partial charge is 0.135 e. The molecule has 394 valence electrons. The van der Waals surface area contributed by atoms with Crippen molar-refractivity contribution in [3.8, 4) is 17.3 Å². The molecular weight excluding hydrogens is 1110 g/mol. The van der Waals surface area contributed by atoms with Crippen molar-refractivity contribution < 1.29 is 25.8 Å². The van der Waals surface area contributed by atoms with E-state index in [0.717, 1.165) is 50.6 Å². The predicted molar refractivity (Wildman–Crippen MR) is 316 cm³/mol. The second kappa shape index (κ2) is 19.5. The molecule has 6 heteroatoms. The third-order valence-electron chi connectivity index (χ3n) is 15.8. The number of ether oxygens (including phenoxy) is 1. The molecule has 7 aromatic carbocycles. The van der Waals surface area contributed by atoms with E-state index in [4.69, 9.17) is 9.72 Å². The van der Waals surface area contributed by atoms with Crippen molar-refractivity contribution in [2.75, 3.05) is 9.80 Å². The maximum absolute atomic E-state index is 7.02. The van der Waals surface area contributed by atoms with Gasteiger partial charge in [0.05, 0.1) is 0 Å². The van der Waals surface area contributed by atoms with Crippen molar-refractivity contribution >= 4 is 44.6 Å². The maximum Gasteiger partial charge on any atom is 0.135 e. The topological polar surface area (TPSA) is 33.5 Å². The summed E-state index contributed by atoms with van der Waals surface area (Å²) < 4.78 is 9.27. The van der Waals surface area contributed by atoms with E-state index < -0.39 is 0 Å². The van der Waals surface area contributed by atoms with E-state index in [9.17, 15) is 0 Å². The first-order valence-corrected chi connectivity index (χ1v) is 26.8. The number of nitrogens with zero attached hydrogens (tertiary/aromatic N) is 4. The molecule has 0 unspecified atom stereocenters. The van der Waals surface area contributed by atoms with E-state index in [2.05, 4.69) is 296 Å². The first kappa shape index (κ1) is 54.4. The monoisotopic (exact) mass is 1180 g/mol. The van der Waals surface area contributed by atoms with E-state index in [1.54, 1.807) is 0 Å². The van der Waals surface area contributed by atoms with E-state index in [-0.39, 0.29) is 53.6 Å². The molecule has 9 aromatic rings. The van der Waals surface area contributed by atoms with Crippen LogP contribution < -0.4 is 14.5 Å². The Morgan fingerprint density at radius 3 is 1.55 bits per heavy atom. The predicted octanol–water partition coefficient (Wildman–Crippen LogP) is 18.8. The molecule has 0 amide bonds. The average Bonchev–Trinajstić information content (AvgIpc) is 3.91. The molecule has 0 N–H and O–H groups in total. The Labute approximate surface area is 468 Å². The van der Waals surface area contributed by atoms with Gasteiger partial charge in [0.1, 0.15) is 5.82 Å². The van der Waals surface area contributed by atoms with Gasteiger partial charge < -0.3 is 19.1 Å². The fourth-order valence-corrected chi connectivity index (χ4v) is 10.5. The van der Waals surface area contributed by atoms with E-state index in [1.165, 1.54) is 44.3 Å². The van der Waals surface area contributed by atoms with Gasteiger partial charge in [-0.3, -0.25) is 0 Å². The van der Waals surface area contributed by atoms with E-state index in [1.807, 2.05) is 6.20 Å². The van der Waals surface area contributed by atoms with Gasteiger partial charge in [0, 0.05) is 72.2 Å². The summed E-state index contributed by atoms with van der Waals surface area (Å²) in [6.07, 6.45) is 1.93. The molecule has 0 atom stereocenters. The van der Waals surface area contributed by atoms with Crippen LogP contribution in [0.2, 0.25) is 0 Å². The van der Waals surface area contributed by atoms with Crippen molar-refractivity contribution in [1.82, 2.24) is 9.55 Å². The van der Waals surface area contributed by atoms with Gasteiger partial charge in [-0.1, -0.05) is 201 Å². The number of pyridine rings is 1. The molecule has 1 aliphatic rings. The molecule has 0 radical (unpaired) electrons. The molecule has 3 heterocycles. The molecular formula is C70H75N4OPt-3. The van der Waals surface area contributed by atoms with Crippen molar-refractivity contribution in [3.63, 3.8) is 0 Å². The van der Waals surface area contributed by atoms with Crippen molar-refractivity contribution in [2.45, 2.75) is 143 Å². The molecule has 0 saturated carbocycles. The molecule has 76 heavy (non-hydrogen) atoms. The van der Waals surface area contributed by atoms with Gasteiger partial charge in [-0.25, -0.2) is 4.98 Å². The number of hydrogen-bond acceptors (Lipinski definition) is 4. The van der Waals surface area contributed by atoms with E-state index >= 15 is 0 Å². The Kier molecular flexibility index (Phi) is 14.0. The molecule has 0 aliphatic carbocycles. The van der Waals surface area contributed by atoms with Gasteiger partial charge in [-0.05, 0) is 108 Å². The number of aromatic nitrogens is 2.